The smallest absolute Gasteiger partial charge is 0.0312 e. The molecule has 2 N–H and O–H groups in total. The van der Waals surface area contributed by atoms with Crippen molar-refractivity contribution in [1.29, 1.82) is 0 Å². The minimum Gasteiger partial charge on any atom is -0.328 e. The molecule has 21 heavy (non-hydrogen) atoms. The van der Waals surface area contributed by atoms with Crippen LogP contribution in [0, 0.1) is 0 Å². The molecule has 1 aliphatic rings. The van der Waals surface area contributed by atoms with Crippen molar-refractivity contribution in [3.8, 4) is 0 Å². The summed E-state index contributed by atoms with van der Waals surface area (Å²) in [6.45, 7) is 2.05. The quantitative estimate of drug-likeness (QED) is 0.936. The fraction of sp³-hybridized carbons (Fsp3) is 0.389. The van der Waals surface area contributed by atoms with Crippen LogP contribution in [0.2, 0.25) is 0 Å². The molecule has 0 amide bonds. The zero-order chi connectivity index (χ0) is 14.5. The van der Waals surface area contributed by atoms with E-state index in [0.717, 1.165) is 32.4 Å². The number of hydrogen-bond donors (Lipinski definition) is 1. The van der Waals surface area contributed by atoms with Gasteiger partial charge >= 0.3 is 0 Å². The van der Waals surface area contributed by atoms with E-state index < -0.39 is 0 Å². The van der Waals surface area contributed by atoms with Crippen molar-refractivity contribution >= 4 is 0 Å². The number of likely N-dealkylation sites (tertiary alicyclic amines) is 1. The van der Waals surface area contributed by atoms with E-state index in [0.29, 0.717) is 12.1 Å². The van der Waals surface area contributed by atoms with E-state index in [9.17, 15) is 0 Å². The Morgan fingerprint density at radius 1 is 1.10 bits per heavy atom. The van der Waals surface area contributed by atoms with Gasteiger partial charge in [-0.15, -0.1) is 0 Å². The molecule has 0 saturated carbocycles. The highest BCUT2D eigenvalue weighted by molar-refractivity contribution is 5.17. The second kappa shape index (κ2) is 6.83. The van der Waals surface area contributed by atoms with Crippen LogP contribution in [0.5, 0.6) is 0 Å². The van der Waals surface area contributed by atoms with E-state index in [2.05, 4.69) is 46.3 Å². The molecule has 110 valence electrons. The first-order chi connectivity index (χ1) is 10.3. The third-order valence-electron chi connectivity index (χ3n) is 4.30. The van der Waals surface area contributed by atoms with Crippen LogP contribution in [0.3, 0.4) is 0 Å². The minimum atomic E-state index is 0.337. The average Bonchev–Trinajstić information content (AvgIpc) is 2.52. The molecule has 2 unspecified atom stereocenters. The van der Waals surface area contributed by atoms with Gasteiger partial charge in [0.1, 0.15) is 0 Å². The number of aromatic nitrogens is 1. The Morgan fingerprint density at radius 2 is 1.90 bits per heavy atom. The fourth-order valence-electron chi connectivity index (χ4n) is 3.16. The van der Waals surface area contributed by atoms with Crippen LogP contribution in [0.1, 0.15) is 24.0 Å². The summed E-state index contributed by atoms with van der Waals surface area (Å²) in [5.74, 6) is 0. The Kier molecular flexibility index (Phi) is 4.63. The lowest BCUT2D eigenvalue weighted by Gasteiger charge is -2.38. The lowest BCUT2D eigenvalue weighted by molar-refractivity contribution is 0.127. The number of rotatable bonds is 4. The molecule has 1 aliphatic heterocycles. The molecule has 0 spiro atoms. The van der Waals surface area contributed by atoms with Crippen LogP contribution >= 0.6 is 0 Å². The van der Waals surface area contributed by atoms with E-state index in [1.165, 1.54) is 11.1 Å². The van der Waals surface area contributed by atoms with Gasteiger partial charge in [-0.2, -0.15) is 0 Å². The average molecular weight is 281 g/mol. The van der Waals surface area contributed by atoms with Crippen molar-refractivity contribution in [3.05, 3.63) is 66.0 Å². The Morgan fingerprint density at radius 3 is 2.67 bits per heavy atom. The first-order valence-corrected chi connectivity index (χ1v) is 7.74. The second-order valence-corrected chi connectivity index (χ2v) is 5.96. The van der Waals surface area contributed by atoms with Gasteiger partial charge in [-0.3, -0.25) is 9.88 Å². The van der Waals surface area contributed by atoms with Crippen molar-refractivity contribution in [2.24, 2.45) is 5.73 Å². The van der Waals surface area contributed by atoms with Gasteiger partial charge in [-0.05, 0) is 36.5 Å². The van der Waals surface area contributed by atoms with Gasteiger partial charge < -0.3 is 5.73 Å². The Balaban J connectivity index is 1.71. The van der Waals surface area contributed by atoms with Crippen molar-refractivity contribution in [2.45, 2.75) is 37.9 Å². The topological polar surface area (TPSA) is 42.1 Å². The van der Waals surface area contributed by atoms with Crippen molar-refractivity contribution < 1.29 is 0 Å². The number of hydrogen-bond acceptors (Lipinski definition) is 3. The molecule has 2 heterocycles. The molecular formula is C18H23N3. The normalized spacial score (nSPS) is 23.1. The maximum absolute atomic E-state index is 6.20. The van der Waals surface area contributed by atoms with Crippen LogP contribution in [-0.4, -0.2) is 28.5 Å². The number of piperidine rings is 1. The minimum absolute atomic E-state index is 0.337. The summed E-state index contributed by atoms with van der Waals surface area (Å²) in [6.07, 6.45) is 7.04. The predicted octanol–water partition coefficient (Wildman–Crippen LogP) is 2.62. The van der Waals surface area contributed by atoms with Gasteiger partial charge in [0.15, 0.2) is 0 Å². The summed E-state index contributed by atoms with van der Waals surface area (Å²) in [4.78, 5) is 6.79. The summed E-state index contributed by atoms with van der Waals surface area (Å²) in [5, 5.41) is 0. The Bertz CT molecular complexity index is 541. The van der Waals surface area contributed by atoms with Crippen LogP contribution in [0.4, 0.5) is 0 Å². The summed E-state index contributed by atoms with van der Waals surface area (Å²) in [6, 6.07) is 15.7. The maximum Gasteiger partial charge on any atom is 0.0312 e. The molecule has 2 atom stereocenters. The molecule has 1 fully saturated rings. The molecule has 3 heteroatoms. The molecule has 1 saturated heterocycles. The molecule has 2 aromatic rings. The molecule has 3 rings (SSSR count). The standard InChI is InChI=1S/C18H23N3/c19-17-8-10-21(14-16-7-4-9-20-13-16)18(12-17)11-15-5-2-1-3-6-15/h1-7,9,13,17-18H,8,10-12,14,19H2. The third kappa shape index (κ3) is 3.90. The van der Waals surface area contributed by atoms with Crippen LogP contribution in [0.15, 0.2) is 54.9 Å². The van der Waals surface area contributed by atoms with Crippen molar-refractivity contribution in [2.75, 3.05) is 6.54 Å². The maximum atomic E-state index is 6.20. The zero-order valence-corrected chi connectivity index (χ0v) is 12.4. The highest BCUT2D eigenvalue weighted by atomic mass is 15.2. The first kappa shape index (κ1) is 14.2. The SMILES string of the molecule is NC1CCN(Cc2cccnc2)C(Cc2ccccc2)C1. The Hall–Kier alpha value is -1.71. The molecule has 0 bridgehead atoms. The lowest BCUT2D eigenvalue weighted by atomic mass is 9.92. The van der Waals surface area contributed by atoms with Gasteiger partial charge in [-0.25, -0.2) is 0 Å². The number of benzene rings is 1. The van der Waals surface area contributed by atoms with Gasteiger partial charge in [0, 0.05) is 37.6 Å². The molecule has 1 aromatic carbocycles. The number of pyridine rings is 1. The molecule has 0 aliphatic carbocycles. The van der Waals surface area contributed by atoms with E-state index in [1.54, 1.807) is 0 Å². The van der Waals surface area contributed by atoms with Crippen LogP contribution in [-0.2, 0) is 13.0 Å². The van der Waals surface area contributed by atoms with E-state index in [4.69, 9.17) is 5.73 Å². The van der Waals surface area contributed by atoms with Crippen LogP contribution < -0.4 is 5.73 Å². The molecule has 0 radical (unpaired) electrons. The predicted molar refractivity (Wildman–Crippen MR) is 85.8 cm³/mol. The van der Waals surface area contributed by atoms with Crippen LogP contribution in [0.25, 0.3) is 0 Å². The van der Waals surface area contributed by atoms with Gasteiger partial charge in [0.25, 0.3) is 0 Å². The Labute approximate surface area is 126 Å². The second-order valence-electron chi connectivity index (χ2n) is 5.96. The summed E-state index contributed by atoms with van der Waals surface area (Å²) < 4.78 is 0. The molecular weight excluding hydrogens is 258 g/mol. The number of nitrogens with two attached hydrogens (primary N) is 1. The van der Waals surface area contributed by atoms with Gasteiger partial charge in [0.05, 0.1) is 0 Å². The summed E-state index contributed by atoms with van der Waals surface area (Å²) in [5.41, 5.74) is 8.87. The van der Waals surface area contributed by atoms with E-state index >= 15 is 0 Å². The largest absolute Gasteiger partial charge is 0.328 e. The zero-order valence-electron chi connectivity index (χ0n) is 12.4. The van der Waals surface area contributed by atoms with Gasteiger partial charge in [-0.1, -0.05) is 36.4 Å². The lowest BCUT2D eigenvalue weighted by Crippen LogP contribution is -2.47. The van der Waals surface area contributed by atoms with Gasteiger partial charge in [0.2, 0.25) is 0 Å². The van der Waals surface area contributed by atoms with Crippen molar-refractivity contribution in [1.82, 2.24) is 9.88 Å². The summed E-state index contributed by atoms with van der Waals surface area (Å²) >= 11 is 0. The third-order valence-corrected chi connectivity index (χ3v) is 4.30. The number of nitrogens with zero attached hydrogens (tertiary/aromatic N) is 2. The first-order valence-electron chi connectivity index (χ1n) is 7.74. The summed E-state index contributed by atoms with van der Waals surface area (Å²) in [7, 11) is 0. The highest BCUT2D eigenvalue weighted by Crippen LogP contribution is 2.22. The molecule has 1 aromatic heterocycles. The monoisotopic (exact) mass is 281 g/mol. The molecule has 3 nitrogen and oxygen atoms in total. The highest BCUT2D eigenvalue weighted by Gasteiger charge is 2.26. The van der Waals surface area contributed by atoms with E-state index in [-0.39, 0.29) is 0 Å². The van der Waals surface area contributed by atoms with E-state index in [1.807, 2.05) is 18.5 Å². The van der Waals surface area contributed by atoms with Crippen molar-refractivity contribution in [3.63, 3.8) is 0 Å². The fourth-order valence-corrected chi connectivity index (χ4v) is 3.16.